The van der Waals surface area contributed by atoms with E-state index in [0.29, 0.717) is 0 Å². The molecule has 0 saturated heterocycles. The quantitative estimate of drug-likeness (QED) is 0.322. The SMILES string of the molecule is C=C/C=C(\C=C/C)C(=O)OOC(=O)C(/C=C\C)=C/C=C. The number of carbonyl (C=O) groups excluding carboxylic acids is 2. The van der Waals surface area contributed by atoms with Gasteiger partial charge >= 0.3 is 11.9 Å². The van der Waals surface area contributed by atoms with Crippen molar-refractivity contribution in [1.82, 2.24) is 0 Å². The van der Waals surface area contributed by atoms with E-state index in [2.05, 4.69) is 22.9 Å². The van der Waals surface area contributed by atoms with Gasteiger partial charge in [0.15, 0.2) is 0 Å². The molecule has 20 heavy (non-hydrogen) atoms. The molecular weight excluding hydrogens is 256 g/mol. The Balaban J connectivity index is 4.76. The summed E-state index contributed by atoms with van der Waals surface area (Å²) in [5, 5.41) is 0. The van der Waals surface area contributed by atoms with Crippen LogP contribution in [-0.2, 0) is 19.4 Å². The van der Waals surface area contributed by atoms with Crippen molar-refractivity contribution >= 4 is 11.9 Å². The molecule has 0 unspecified atom stereocenters. The highest BCUT2D eigenvalue weighted by molar-refractivity contribution is 5.94. The summed E-state index contributed by atoms with van der Waals surface area (Å²) in [5.41, 5.74) is 0.436. The van der Waals surface area contributed by atoms with Gasteiger partial charge in [0.2, 0.25) is 0 Å². The number of hydrogen-bond acceptors (Lipinski definition) is 4. The molecule has 0 N–H and O–H groups in total. The standard InChI is InChI=1S/C16H18O4/c1-5-9-13(10-6-2)15(17)19-20-16(18)14(11-7-3)12-8-4/h5-12H,1,3H2,2,4H3/b10-6-,12-8-,13-9+,14-11+. The van der Waals surface area contributed by atoms with E-state index in [1.807, 2.05) is 0 Å². The van der Waals surface area contributed by atoms with E-state index in [-0.39, 0.29) is 11.1 Å². The van der Waals surface area contributed by atoms with Crippen molar-refractivity contribution in [1.29, 1.82) is 0 Å². The molecule has 0 spiro atoms. The third-order valence-electron chi connectivity index (χ3n) is 1.95. The second-order valence-electron chi connectivity index (χ2n) is 3.46. The normalized spacial score (nSPS) is 12.5. The van der Waals surface area contributed by atoms with Crippen LogP contribution in [0.5, 0.6) is 0 Å². The van der Waals surface area contributed by atoms with Crippen LogP contribution in [0.4, 0.5) is 0 Å². The van der Waals surface area contributed by atoms with Crippen molar-refractivity contribution in [2.45, 2.75) is 13.8 Å². The number of allylic oxidation sites excluding steroid dienone is 6. The summed E-state index contributed by atoms with van der Waals surface area (Å²) in [7, 11) is 0. The maximum Gasteiger partial charge on any atom is 0.386 e. The van der Waals surface area contributed by atoms with Crippen LogP contribution >= 0.6 is 0 Å². The van der Waals surface area contributed by atoms with Crippen LogP contribution in [-0.4, -0.2) is 11.9 Å². The Morgan fingerprint density at radius 3 is 1.40 bits per heavy atom. The molecule has 0 fully saturated rings. The molecule has 0 bridgehead atoms. The van der Waals surface area contributed by atoms with Gasteiger partial charge in [-0.2, -0.15) is 0 Å². The molecule has 0 aromatic heterocycles. The maximum atomic E-state index is 11.6. The molecule has 0 saturated carbocycles. The Morgan fingerprint density at radius 1 is 0.800 bits per heavy atom. The summed E-state index contributed by atoms with van der Waals surface area (Å²) in [6.07, 6.45) is 12.1. The van der Waals surface area contributed by atoms with Crippen LogP contribution in [0, 0.1) is 0 Å². The Labute approximate surface area is 119 Å². The summed E-state index contributed by atoms with van der Waals surface area (Å²) < 4.78 is 0. The largest absolute Gasteiger partial charge is 0.386 e. The Morgan fingerprint density at radius 2 is 1.15 bits per heavy atom. The van der Waals surface area contributed by atoms with Gasteiger partial charge in [0.05, 0.1) is 11.1 Å². The van der Waals surface area contributed by atoms with E-state index in [9.17, 15) is 9.59 Å². The van der Waals surface area contributed by atoms with Crippen LogP contribution in [0.15, 0.2) is 72.9 Å². The van der Waals surface area contributed by atoms with E-state index in [1.165, 1.54) is 36.5 Å². The molecule has 4 heteroatoms. The second-order valence-corrected chi connectivity index (χ2v) is 3.46. The predicted octanol–water partition coefficient (Wildman–Crippen LogP) is 3.36. The third kappa shape index (κ3) is 6.35. The van der Waals surface area contributed by atoms with Crippen molar-refractivity contribution in [2.24, 2.45) is 0 Å². The Kier molecular flexibility index (Phi) is 8.96. The summed E-state index contributed by atoms with van der Waals surface area (Å²) in [4.78, 5) is 32.2. The third-order valence-corrected chi connectivity index (χ3v) is 1.95. The van der Waals surface area contributed by atoms with Crippen molar-refractivity contribution in [3.8, 4) is 0 Å². The first-order chi connectivity index (χ1) is 9.60. The van der Waals surface area contributed by atoms with Crippen LogP contribution in [0.25, 0.3) is 0 Å². The van der Waals surface area contributed by atoms with Crippen molar-refractivity contribution in [2.75, 3.05) is 0 Å². The number of hydrogen-bond donors (Lipinski definition) is 0. The van der Waals surface area contributed by atoms with E-state index in [4.69, 9.17) is 0 Å². The molecule has 0 aromatic carbocycles. The van der Waals surface area contributed by atoms with Gasteiger partial charge in [0.1, 0.15) is 0 Å². The zero-order valence-corrected chi connectivity index (χ0v) is 11.7. The molecule has 0 aliphatic heterocycles. The molecule has 0 aliphatic rings. The highest BCUT2D eigenvalue weighted by Gasteiger charge is 2.14. The zero-order chi connectivity index (χ0) is 15.4. The van der Waals surface area contributed by atoms with Gasteiger partial charge in [-0.1, -0.05) is 49.6 Å². The average Bonchev–Trinajstić information content (AvgIpc) is 2.44. The summed E-state index contributed by atoms with van der Waals surface area (Å²) in [6.45, 7) is 10.5. The zero-order valence-electron chi connectivity index (χ0n) is 11.7. The van der Waals surface area contributed by atoms with Crippen LogP contribution in [0.2, 0.25) is 0 Å². The fourth-order valence-corrected chi connectivity index (χ4v) is 1.17. The van der Waals surface area contributed by atoms with Crippen LogP contribution in [0.3, 0.4) is 0 Å². The molecule has 4 nitrogen and oxygen atoms in total. The average molecular weight is 274 g/mol. The summed E-state index contributed by atoms with van der Waals surface area (Å²) in [5.74, 6) is -1.57. The first kappa shape index (κ1) is 17.4. The predicted molar refractivity (Wildman–Crippen MR) is 78.4 cm³/mol. The van der Waals surface area contributed by atoms with E-state index >= 15 is 0 Å². The molecular formula is C16H18O4. The molecule has 0 aliphatic carbocycles. The first-order valence-corrected chi connectivity index (χ1v) is 5.94. The summed E-state index contributed by atoms with van der Waals surface area (Å²) in [6, 6.07) is 0. The lowest BCUT2D eigenvalue weighted by Crippen LogP contribution is -2.13. The minimum Gasteiger partial charge on any atom is -0.242 e. The van der Waals surface area contributed by atoms with Gasteiger partial charge in [-0.05, 0) is 26.0 Å². The van der Waals surface area contributed by atoms with Gasteiger partial charge in [0.25, 0.3) is 0 Å². The Hall–Kier alpha value is -2.62. The topological polar surface area (TPSA) is 52.6 Å². The molecule has 0 heterocycles. The minimum atomic E-state index is -0.783. The van der Waals surface area contributed by atoms with Crippen LogP contribution in [0.1, 0.15) is 13.8 Å². The van der Waals surface area contributed by atoms with Gasteiger partial charge in [-0.25, -0.2) is 19.4 Å². The van der Waals surface area contributed by atoms with Gasteiger partial charge in [0, 0.05) is 0 Å². The maximum absolute atomic E-state index is 11.6. The number of carbonyl (C=O) groups is 2. The number of rotatable bonds is 6. The van der Waals surface area contributed by atoms with Gasteiger partial charge < -0.3 is 0 Å². The lowest BCUT2D eigenvalue weighted by Gasteiger charge is -2.03. The molecule has 0 rings (SSSR count). The first-order valence-electron chi connectivity index (χ1n) is 5.94. The van der Waals surface area contributed by atoms with E-state index in [1.54, 1.807) is 26.0 Å². The molecule has 0 amide bonds. The fraction of sp³-hybridized carbons (Fsp3) is 0.125. The molecule has 0 radical (unpaired) electrons. The fourth-order valence-electron chi connectivity index (χ4n) is 1.17. The molecule has 0 aromatic rings. The highest BCUT2D eigenvalue weighted by Crippen LogP contribution is 2.06. The summed E-state index contributed by atoms with van der Waals surface area (Å²) >= 11 is 0. The van der Waals surface area contributed by atoms with E-state index < -0.39 is 11.9 Å². The minimum absolute atomic E-state index is 0.218. The Bertz CT molecular complexity index is 445. The van der Waals surface area contributed by atoms with Gasteiger partial charge in [-0.15, -0.1) is 0 Å². The lowest BCUT2D eigenvalue weighted by molar-refractivity contribution is -0.251. The highest BCUT2D eigenvalue weighted by atomic mass is 17.2. The second kappa shape index (κ2) is 10.3. The lowest BCUT2D eigenvalue weighted by atomic mass is 10.2. The van der Waals surface area contributed by atoms with Crippen molar-refractivity contribution in [3.63, 3.8) is 0 Å². The monoisotopic (exact) mass is 274 g/mol. The van der Waals surface area contributed by atoms with E-state index in [0.717, 1.165) is 0 Å². The van der Waals surface area contributed by atoms with Gasteiger partial charge in [-0.3, -0.25) is 0 Å². The molecule has 0 atom stereocenters. The van der Waals surface area contributed by atoms with Crippen molar-refractivity contribution in [3.05, 3.63) is 72.9 Å². The van der Waals surface area contributed by atoms with Crippen molar-refractivity contribution < 1.29 is 19.4 Å². The molecule has 106 valence electrons. The van der Waals surface area contributed by atoms with Crippen LogP contribution < -0.4 is 0 Å². The smallest absolute Gasteiger partial charge is 0.242 e.